The van der Waals surface area contributed by atoms with Crippen molar-refractivity contribution in [3.05, 3.63) is 29.6 Å². The Bertz CT molecular complexity index is 618. The Kier molecular flexibility index (Phi) is 6.14. The molecule has 0 aliphatic heterocycles. The summed E-state index contributed by atoms with van der Waals surface area (Å²) in [5.41, 5.74) is 5.34. The zero-order chi connectivity index (χ0) is 15.2. The van der Waals surface area contributed by atoms with E-state index in [1.54, 1.807) is 6.92 Å². The first-order chi connectivity index (χ1) is 9.40. The van der Waals surface area contributed by atoms with E-state index in [1.165, 1.54) is 12.1 Å². The summed E-state index contributed by atoms with van der Waals surface area (Å²) < 4.78 is 40.4. The van der Waals surface area contributed by atoms with Crippen molar-refractivity contribution in [2.45, 2.75) is 37.6 Å². The summed E-state index contributed by atoms with van der Waals surface area (Å²) in [6.07, 6.45) is 1.59. The van der Waals surface area contributed by atoms with E-state index in [4.69, 9.17) is 5.73 Å². The number of rotatable bonds is 5. The molecule has 6 heteroatoms. The standard InChI is InChI=1S/C14H19FN2O2S/c1-3-5-11(2)17-20(18,19)13-8-7-12(6-4-9-16)14(15)10-13/h7-8,10-11,17H,3,5,9,16H2,1-2H3. The lowest BCUT2D eigenvalue weighted by atomic mass is 10.2. The van der Waals surface area contributed by atoms with E-state index in [0.717, 1.165) is 18.9 Å². The minimum absolute atomic E-state index is 0.101. The maximum atomic E-state index is 13.8. The van der Waals surface area contributed by atoms with Gasteiger partial charge in [-0.1, -0.05) is 25.2 Å². The first-order valence-electron chi connectivity index (χ1n) is 6.41. The first kappa shape index (κ1) is 16.6. The van der Waals surface area contributed by atoms with Gasteiger partial charge in [0.2, 0.25) is 10.0 Å². The minimum Gasteiger partial charge on any atom is -0.320 e. The Morgan fingerprint density at radius 3 is 2.70 bits per heavy atom. The van der Waals surface area contributed by atoms with Crippen LogP contribution in [0, 0.1) is 17.7 Å². The average molecular weight is 298 g/mol. The number of halogens is 1. The van der Waals surface area contributed by atoms with E-state index in [1.807, 2.05) is 6.92 Å². The van der Waals surface area contributed by atoms with Crippen LogP contribution in [0.5, 0.6) is 0 Å². The minimum atomic E-state index is -3.70. The summed E-state index contributed by atoms with van der Waals surface area (Å²) in [5.74, 6) is 4.40. The number of sulfonamides is 1. The molecule has 1 unspecified atom stereocenters. The Labute approximate surface area is 119 Å². The molecule has 0 aromatic heterocycles. The topological polar surface area (TPSA) is 72.2 Å². The zero-order valence-corrected chi connectivity index (χ0v) is 12.4. The lowest BCUT2D eigenvalue weighted by Crippen LogP contribution is -2.32. The van der Waals surface area contributed by atoms with E-state index in [0.29, 0.717) is 0 Å². The SMILES string of the molecule is CCCC(C)NS(=O)(=O)c1ccc(C#CCN)c(F)c1. The molecular formula is C14H19FN2O2S. The summed E-state index contributed by atoms with van der Waals surface area (Å²) in [4.78, 5) is -0.101. The fourth-order valence-electron chi connectivity index (χ4n) is 1.74. The lowest BCUT2D eigenvalue weighted by Gasteiger charge is -2.13. The Morgan fingerprint density at radius 1 is 1.45 bits per heavy atom. The van der Waals surface area contributed by atoms with Crippen molar-refractivity contribution in [2.24, 2.45) is 5.73 Å². The van der Waals surface area contributed by atoms with Crippen LogP contribution in [0.25, 0.3) is 0 Å². The van der Waals surface area contributed by atoms with E-state index in [9.17, 15) is 12.8 Å². The van der Waals surface area contributed by atoms with Gasteiger partial charge in [0.05, 0.1) is 17.0 Å². The summed E-state index contributed by atoms with van der Waals surface area (Å²) in [6, 6.07) is 3.47. The molecule has 0 saturated heterocycles. The van der Waals surface area contributed by atoms with Crippen molar-refractivity contribution in [3.8, 4) is 11.8 Å². The van der Waals surface area contributed by atoms with Gasteiger partial charge in [-0.2, -0.15) is 0 Å². The quantitative estimate of drug-likeness (QED) is 0.811. The third-order valence-corrected chi connectivity index (χ3v) is 4.24. The second-order valence-electron chi connectivity index (χ2n) is 4.46. The molecule has 3 N–H and O–H groups in total. The second-order valence-corrected chi connectivity index (χ2v) is 6.17. The van der Waals surface area contributed by atoms with Crippen molar-refractivity contribution < 1.29 is 12.8 Å². The maximum absolute atomic E-state index is 13.8. The molecule has 0 spiro atoms. The first-order valence-corrected chi connectivity index (χ1v) is 7.89. The second kappa shape index (κ2) is 7.39. The van der Waals surface area contributed by atoms with E-state index in [-0.39, 0.29) is 23.0 Å². The molecule has 0 aliphatic rings. The van der Waals surface area contributed by atoms with Crippen LogP contribution in [0.15, 0.2) is 23.1 Å². The van der Waals surface area contributed by atoms with Gasteiger partial charge in [0.15, 0.2) is 0 Å². The fourth-order valence-corrected chi connectivity index (χ4v) is 3.02. The average Bonchev–Trinajstić information content (AvgIpc) is 2.36. The van der Waals surface area contributed by atoms with Crippen molar-refractivity contribution in [1.29, 1.82) is 0 Å². The largest absolute Gasteiger partial charge is 0.320 e. The molecule has 1 aromatic carbocycles. The van der Waals surface area contributed by atoms with Crippen LogP contribution in [-0.4, -0.2) is 21.0 Å². The smallest absolute Gasteiger partial charge is 0.240 e. The fraction of sp³-hybridized carbons (Fsp3) is 0.429. The zero-order valence-electron chi connectivity index (χ0n) is 11.6. The van der Waals surface area contributed by atoms with Crippen LogP contribution in [-0.2, 0) is 10.0 Å². The number of nitrogens with two attached hydrogens (primary N) is 1. The Morgan fingerprint density at radius 2 is 2.15 bits per heavy atom. The van der Waals surface area contributed by atoms with Gasteiger partial charge < -0.3 is 5.73 Å². The molecule has 0 fully saturated rings. The molecule has 4 nitrogen and oxygen atoms in total. The summed E-state index contributed by atoms with van der Waals surface area (Å²) >= 11 is 0. The molecule has 0 bridgehead atoms. The predicted octanol–water partition coefficient (Wildman–Crippen LogP) is 1.60. The molecule has 110 valence electrons. The number of hydrogen-bond donors (Lipinski definition) is 2. The number of nitrogens with one attached hydrogen (secondary N) is 1. The third-order valence-electron chi connectivity index (χ3n) is 2.65. The number of benzene rings is 1. The van der Waals surface area contributed by atoms with Crippen LogP contribution >= 0.6 is 0 Å². The van der Waals surface area contributed by atoms with Crippen molar-refractivity contribution >= 4 is 10.0 Å². The highest BCUT2D eigenvalue weighted by Gasteiger charge is 2.18. The Hall–Kier alpha value is -1.42. The van der Waals surface area contributed by atoms with Gasteiger partial charge in [-0.15, -0.1) is 0 Å². The molecule has 1 aromatic rings. The normalized spacial score (nSPS) is 12.6. The molecular weight excluding hydrogens is 279 g/mol. The molecule has 1 atom stereocenters. The van der Waals surface area contributed by atoms with Crippen LogP contribution < -0.4 is 10.5 Å². The van der Waals surface area contributed by atoms with Gasteiger partial charge in [-0.25, -0.2) is 17.5 Å². The highest BCUT2D eigenvalue weighted by atomic mass is 32.2. The van der Waals surface area contributed by atoms with E-state index >= 15 is 0 Å². The van der Waals surface area contributed by atoms with Gasteiger partial charge in [0, 0.05) is 6.04 Å². The Balaban J connectivity index is 3.00. The van der Waals surface area contributed by atoms with Crippen molar-refractivity contribution in [3.63, 3.8) is 0 Å². The van der Waals surface area contributed by atoms with Gasteiger partial charge in [-0.05, 0) is 31.5 Å². The summed E-state index contributed by atoms with van der Waals surface area (Å²) in [6.45, 7) is 3.86. The molecule has 0 saturated carbocycles. The summed E-state index contributed by atoms with van der Waals surface area (Å²) in [7, 11) is -3.70. The van der Waals surface area contributed by atoms with Gasteiger partial charge >= 0.3 is 0 Å². The van der Waals surface area contributed by atoms with Gasteiger partial charge in [0.25, 0.3) is 0 Å². The van der Waals surface area contributed by atoms with E-state index < -0.39 is 15.8 Å². The third kappa shape index (κ3) is 4.60. The molecule has 0 heterocycles. The lowest BCUT2D eigenvalue weighted by molar-refractivity contribution is 0.542. The highest BCUT2D eigenvalue weighted by molar-refractivity contribution is 7.89. The molecule has 1 rings (SSSR count). The number of hydrogen-bond acceptors (Lipinski definition) is 3. The monoisotopic (exact) mass is 298 g/mol. The van der Waals surface area contributed by atoms with Crippen molar-refractivity contribution in [2.75, 3.05) is 6.54 Å². The summed E-state index contributed by atoms with van der Waals surface area (Å²) in [5, 5.41) is 0. The van der Waals surface area contributed by atoms with Crippen LogP contribution in [0.2, 0.25) is 0 Å². The molecule has 0 radical (unpaired) electrons. The van der Waals surface area contributed by atoms with Crippen LogP contribution in [0.4, 0.5) is 4.39 Å². The van der Waals surface area contributed by atoms with E-state index in [2.05, 4.69) is 16.6 Å². The predicted molar refractivity (Wildman–Crippen MR) is 77.0 cm³/mol. The van der Waals surface area contributed by atoms with Crippen LogP contribution in [0.3, 0.4) is 0 Å². The molecule has 0 aliphatic carbocycles. The van der Waals surface area contributed by atoms with Gasteiger partial charge in [-0.3, -0.25) is 0 Å². The maximum Gasteiger partial charge on any atom is 0.240 e. The highest BCUT2D eigenvalue weighted by Crippen LogP contribution is 2.15. The van der Waals surface area contributed by atoms with Gasteiger partial charge in [0.1, 0.15) is 5.82 Å². The molecule has 20 heavy (non-hydrogen) atoms. The van der Waals surface area contributed by atoms with Crippen molar-refractivity contribution in [1.82, 2.24) is 4.72 Å². The molecule has 0 amide bonds. The van der Waals surface area contributed by atoms with Crippen LogP contribution in [0.1, 0.15) is 32.3 Å².